The maximum Gasteiger partial charge on any atom is 0.181 e. The summed E-state index contributed by atoms with van der Waals surface area (Å²) in [6, 6.07) is 8.48. The Morgan fingerprint density at radius 1 is 1.30 bits per heavy atom. The van der Waals surface area contributed by atoms with E-state index in [4.69, 9.17) is 9.15 Å². The Morgan fingerprint density at radius 2 is 2.00 bits per heavy atom. The molecular formula is C16H22N2O2. The van der Waals surface area contributed by atoms with Gasteiger partial charge in [0.15, 0.2) is 12.2 Å². The maximum atomic E-state index is 5.45. The van der Waals surface area contributed by atoms with E-state index in [0.717, 1.165) is 23.4 Å². The van der Waals surface area contributed by atoms with Gasteiger partial charge in [0.2, 0.25) is 0 Å². The van der Waals surface area contributed by atoms with E-state index in [1.807, 2.05) is 24.3 Å². The number of methoxy groups -OCH3 is 1. The predicted octanol–water partition coefficient (Wildman–Crippen LogP) is 3.96. The molecule has 0 amide bonds. The van der Waals surface area contributed by atoms with Gasteiger partial charge in [-0.15, -0.1) is 0 Å². The summed E-state index contributed by atoms with van der Waals surface area (Å²) in [5, 5.41) is 3.48. The Hall–Kier alpha value is -1.81. The highest BCUT2D eigenvalue weighted by molar-refractivity contribution is 5.60. The number of hydrogen-bond acceptors (Lipinski definition) is 4. The van der Waals surface area contributed by atoms with Gasteiger partial charge in [0, 0.05) is 24.4 Å². The molecule has 4 heteroatoms. The average molecular weight is 274 g/mol. The Morgan fingerprint density at radius 3 is 2.55 bits per heavy atom. The molecule has 0 bridgehead atoms. The molecule has 0 fully saturated rings. The first-order valence-corrected chi connectivity index (χ1v) is 6.81. The van der Waals surface area contributed by atoms with Gasteiger partial charge in [-0.25, -0.2) is 4.98 Å². The molecule has 1 heterocycles. The predicted molar refractivity (Wildman–Crippen MR) is 80.7 cm³/mol. The van der Waals surface area contributed by atoms with Crippen molar-refractivity contribution < 1.29 is 9.15 Å². The van der Waals surface area contributed by atoms with Crippen molar-refractivity contribution in [2.75, 3.05) is 12.4 Å². The van der Waals surface area contributed by atoms with Crippen molar-refractivity contribution in [1.82, 2.24) is 4.98 Å². The second kappa shape index (κ2) is 6.09. The molecule has 0 aliphatic rings. The lowest BCUT2D eigenvalue weighted by atomic mass is 9.99. The van der Waals surface area contributed by atoms with Crippen LogP contribution in [0.25, 0.3) is 11.3 Å². The Labute approximate surface area is 120 Å². The van der Waals surface area contributed by atoms with Crippen LogP contribution in [0.4, 0.5) is 5.69 Å². The van der Waals surface area contributed by atoms with Crippen LogP contribution in [-0.4, -0.2) is 23.7 Å². The first kappa shape index (κ1) is 14.6. The van der Waals surface area contributed by atoms with Crippen molar-refractivity contribution in [3.63, 3.8) is 0 Å². The first-order chi connectivity index (χ1) is 9.50. The third kappa shape index (κ3) is 3.84. The molecule has 1 aromatic carbocycles. The summed E-state index contributed by atoms with van der Waals surface area (Å²) < 4.78 is 10.7. The third-order valence-electron chi connectivity index (χ3n) is 3.37. The van der Waals surface area contributed by atoms with Crippen molar-refractivity contribution in [2.45, 2.75) is 38.8 Å². The fraction of sp³-hybridized carbons (Fsp3) is 0.438. The van der Waals surface area contributed by atoms with Gasteiger partial charge in [-0.3, -0.25) is 0 Å². The number of aromatic nitrogens is 1. The number of oxazole rings is 1. The van der Waals surface area contributed by atoms with Gasteiger partial charge in [0.1, 0.15) is 0 Å². The lowest BCUT2D eigenvalue weighted by Gasteiger charge is -2.27. The van der Waals surface area contributed by atoms with Gasteiger partial charge >= 0.3 is 0 Å². The molecule has 20 heavy (non-hydrogen) atoms. The monoisotopic (exact) mass is 274 g/mol. The topological polar surface area (TPSA) is 47.3 Å². The summed E-state index contributed by atoms with van der Waals surface area (Å²) in [6.45, 7) is 6.35. The molecule has 0 saturated heterocycles. The zero-order chi connectivity index (χ0) is 14.6. The number of anilines is 1. The maximum absolute atomic E-state index is 5.45. The fourth-order valence-electron chi connectivity index (χ4n) is 2.25. The van der Waals surface area contributed by atoms with Crippen LogP contribution < -0.4 is 5.32 Å². The normalized spacial score (nSPS) is 13.2. The molecule has 4 nitrogen and oxygen atoms in total. The van der Waals surface area contributed by atoms with Crippen LogP contribution >= 0.6 is 0 Å². The molecule has 0 saturated carbocycles. The average Bonchev–Trinajstić information content (AvgIpc) is 2.93. The lowest BCUT2D eigenvalue weighted by molar-refractivity contribution is 0.0128. The summed E-state index contributed by atoms with van der Waals surface area (Å²) in [5.74, 6) is 0.783. The molecular weight excluding hydrogens is 252 g/mol. The van der Waals surface area contributed by atoms with Gasteiger partial charge in [0.25, 0.3) is 0 Å². The summed E-state index contributed by atoms with van der Waals surface area (Å²) in [6.07, 6.45) is 4.09. The Balaban J connectivity index is 1.97. The Bertz CT molecular complexity index is 518. The second-order valence-electron chi connectivity index (χ2n) is 5.66. The van der Waals surface area contributed by atoms with E-state index < -0.39 is 0 Å². The van der Waals surface area contributed by atoms with E-state index in [2.05, 4.69) is 31.1 Å². The highest BCUT2D eigenvalue weighted by Crippen LogP contribution is 2.22. The van der Waals surface area contributed by atoms with Crippen LogP contribution in [0, 0.1) is 0 Å². The number of benzene rings is 1. The summed E-state index contributed by atoms with van der Waals surface area (Å²) >= 11 is 0. The van der Waals surface area contributed by atoms with Crippen molar-refractivity contribution in [3.05, 3.63) is 36.9 Å². The quantitative estimate of drug-likeness (QED) is 0.866. The number of hydrogen-bond donors (Lipinski definition) is 1. The van der Waals surface area contributed by atoms with Crippen LogP contribution in [0.2, 0.25) is 0 Å². The Kier molecular flexibility index (Phi) is 4.45. The molecule has 1 N–H and O–H groups in total. The number of nitrogens with one attached hydrogen (secondary N) is 1. The van der Waals surface area contributed by atoms with E-state index in [0.29, 0.717) is 6.04 Å². The van der Waals surface area contributed by atoms with Crippen LogP contribution in [0.3, 0.4) is 0 Å². The van der Waals surface area contributed by atoms with Crippen molar-refractivity contribution in [1.29, 1.82) is 0 Å². The van der Waals surface area contributed by atoms with Gasteiger partial charge < -0.3 is 14.5 Å². The fourth-order valence-corrected chi connectivity index (χ4v) is 2.25. The molecule has 1 atom stereocenters. The standard InChI is InChI=1S/C16H22N2O2/c1-12(9-16(2,3)19-4)18-14-7-5-13(6-8-14)15-10-17-11-20-15/h5-8,10-12,18H,9H2,1-4H3. The van der Waals surface area contributed by atoms with Crippen LogP contribution in [-0.2, 0) is 4.74 Å². The molecule has 1 aromatic heterocycles. The molecule has 0 spiro atoms. The summed E-state index contributed by atoms with van der Waals surface area (Å²) in [5.41, 5.74) is 2.00. The second-order valence-corrected chi connectivity index (χ2v) is 5.66. The van der Waals surface area contributed by atoms with Crippen LogP contribution in [0.15, 0.2) is 41.3 Å². The summed E-state index contributed by atoms with van der Waals surface area (Å²) in [7, 11) is 1.75. The molecule has 2 rings (SSSR count). The van der Waals surface area contributed by atoms with Gasteiger partial charge in [-0.05, 0) is 51.5 Å². The highest BCUT2D eigenvalue weighted by Gasteiger charge is 2.19. The first-order valence-electron chi connectivity index (χ1n) is 6.81. The zero-order valence-electron chi connectivity index (χ0n) is 12.5. The molecule has 108 valence electrons. The zero-order valence-corrected chi connectivity index (χ0v) is 12.5. The molecule has 0 aliphatic heterocycles. The van der Waals surface area contributed by atoms with Crippen LogP contribution in [0.5, 0.6) is 0 Å². The van der Waals surface area contributed by atoms with E-state index >= 15 is 0 Å². The number of nitrogens with zero attached hydrogens (tertiary/aromatic N) is 1. The van der Waals surface area contributed by atoms with Gasteiger partial charge in [0.05, 0.1) is 11.8 Å². The summed E-state index contributed by atoms with van der Waals surface area (Å²) in [4.78, 5) is 3.92. The lowest BCUT2D eigenvalue weighted by Crippen LogP contribution is -2.31. The van der Waals surface area contributed by atoms with E-state index in [1.165, 1.54) is 6.39 Å². The van der Waals surface area contributed by atoms with Crippen molar-refractivity contribution in [3.8, 4) is 11.3 Å². The third-order valence-corrected chi connectivity index (χ3v) is 3.37. The molecule has 0 aliphatic carbocycles. The van der Waals surface area contributed by atoms with E-state index in [1.54, 1.807) is 13.3 Å². The van der Waals surface area contributed by atoms with Crippen LogP contribution in [0.1, 0.15) is 27.2 Å². The largest absolute Gasteiger partial charge is 0.444 e. The number of rotatable bonds is 6. The van der Waals surface area contributed by atoms with Crippen molar-refractivity contribution >= 4 is 5.69 Å². The van der Waals surface area contributed by atoms with E-state index in [-0.39, 0.29) is 5.60 Å². The smallest absolute Gasteiger partial charge is 0.181 e. The minimum atomic E-state index is -0.119. The molecule has 0 radical (unpaired) electrons. The molecule has 1 unspecified atom stereocenters. The van der Waals surface area contributed by atoms with Gasteiger partial charge in [-0.2, -0.15) is 0 Å². The number of ether oxygens (including phenoxy) is 1. The SMILES string of the molecule is COC(C)(C)CC(C)Nc1ccc(-c2cnco2)cc1. The minimum absolute atomic E-state index is 0.119. The molecule has 2 aromatic rings. The van der Waals surface area contributed by atoms with Crippen molar-refractivity contribution in [2.24, 2.45) is 0 Å². The van der Waals surface area contributed by atoms with Gasteiger partial charge in [-0.1, -0.05) is 0 Å². The van der Waals surface area contributed by atoms with E-state index in [9.17, 15) is 0 Å². The minimum Gasteiger partial charge on any atom is -0.444 e. The highest BCUT2D eigenvalue weighted by atomic mass is 16.5.